The summed E-state index contributed by atoms with van der Waals surface area (Å²) in [6, 6.07) is 6.97. The second-order valence-electron chi connectivity index (χ2n) is 4.62. The van der Waals surface area contributed by atoms with Gasteiger partial charge in [0.15, 0.2) is 5.78 Å². The van der Waals surface area contributed by atoms with Crippen molar-refractivity contribution in [3.8, 4) is 0 Å². The Morgan fingerprint density at radius 1 is 1.12 bits per heavy atom. The van der Waals surface area contributed by atoms with E-state index in [4.69, 9.17) is 0 Å². The van der Waals surface area contributed by atoms with Crippen LogP contribution in [0.3, 0.4) is 0 Å². The van der Waals surface area contributed by atoms with Gasteiger partial charge in [0, 0.05) is 23.7 Å². The van der Waals surface area contributed by atoms with Crippen LogP contribution in [0.1, 0.15) is 33.6 Å². The molecule has 1 saturated carbocycles. The van der Waals surface area contributed by atoms with Crippen molar-refractivity contribution < 1.29 is 9.59 Å². The number of rotatable bonds is 3. The van der Waals surface area contributed by atoms with Crippen molar-refractivity contribution in [1.29, 1.82) is 0 Å². The zero-order chi connectivity index (χ0) is 11.8. The first-order valence-electron chi connectivity index (χ1n) is 5.89. The molecule has 1 fully saturated rings. The van der Waals surface area contributed by atoms with Crippen molar-refractivity contribution >= 4 is 11.6 Å². The number of ketones is 2. The number of fused-ring (bicyclic) bond motifs is 1. The third kappa shape index (κ3) is 1.88. The Morgan fingerprint density at radius 3 is 2.53 bits per heavy atom. The van der Waals surface area contributed by atoms with E-state index in [0.29, 0.717) is 22.7 Å². The van der Waals surface area contributed by atoms with Gasteiger partial charge in [0.05, 0.1) is 5.70 Å². The van der Waals surface area contributed by atoms with Gasteiger partial charge in [-0.1, -0.05) is 24.3 Å². The lowest BCUT2D eigenvalue weighted by molar-refractivity contribution is 0.0978. The molecule has 0 bridgehead atoms. The molecule has 2 aliphatic rings. The normalized spacial score (nSPS) is 18.7. The first-order chi connectivity index (χ1) is 8.25. The maximum absolute atomic E-state index is 12.1. The largest absolute Gasteiger partial charge is 0.381 e. The molecule has 1 aromatic rings. The van der Waals surface area contributed by atoms with Crippen LogP contribution in [0.5, 0.6) is 0 Å². The Bertz CT molecular complexity index is 527. The van der Waals surface area contributed by atoms with E-state index in [-0.39, 0.29) is 11.6 Å². The first-order valence-corrected chi connectivity index (χ1v) is 5.89. The molecule has 3 rings (SSSR count). The predicted molar refractivity (Wildman–Crippen MR) is 63.9 cm³/mol. The number of hydrogen-bond donors (Lipinski definition) is 1. The average Bonchev–Trinajstić information content (AvgIpc) is 3.16. The van der Waals surface area contributed by atoms with Crippen LogP contribution in [0.15, 0.2) is 36.0 Å². The molecule has 2 aliphatic carbocycles. The molecule has 0 radical (unpaired) electrons. The maximum atomic E-state index is 12.1. The van der Waals surface area contributed by atoms with Crippen LogP contribution in [0.2, 0.25) is 0 Å². The predicted octanol–water partition coefficient (Wildman–Crippen LogP) is 1.95. The van der Waals surface area contributed by atoms with Gasteiger partial charge in [-0.15, -0.1) is 0 Å². The van der Waals surface area contributed by atoms with Crippen molar-refractivity contribution in [3.63, 3.8) is 0 Å². The summed E-state index contributed by atoms with van der Waals surface area (Å²) in [4.78, 5) is 23.9. The number of nitrogens with one attached hydrogen (secondary N) is 1. The zero-order valence-corrected chi connectivity index (χ0v) is 9.40. The Balaban J connectivity index is 1.87. The summed E-state index contributed by atoms with van der Waals surface area (Å²) in [5.41, 5.74) is 1.47. The van der Waals surface area contributed by atoms with Gasteiger partial charge in [0.25, 0.3) is 0 Å². The van der Waals surface area contributed by atoms with E-state index < -0.39 is 0 Å². The lowest BCUT2D eigenvalue weighted by Crippen LogP contribution is -2.28. The van der Waals surface area contributed by atoms with E-state index in [2.05, 4.69) is 5.32 Å². The molecule has 0 spiro atoms. The van der Waals surface area contributed by atoms with Crippen LogP contribution in [0, 0.1) is 5.92 Å². The SMILES string of the molecule is O=C1C=C(NCC2CC2)C(=O)c2ccccc21. The van der Waals surface area contributed by atoms with E-state index in [1.54, 1.807) is 24.3 Å². The van der Waals surface area contributed by atoms with Gasteiger partial charge in [-0.2, -0.15) is 0 Å². The molecule has 1 aromatic carbocycles. The summed E-state index contributed by atoms with van der Waals surface area (Å²) in [7, 11) is 0. The van der Waals surface area contributed by atoms with Crippen molar-refractivity contribution in [2.24, 2.45) is 5.92 Å². The van der Waals surface area contributed by atoms with Gasteiger partial charge in [0.1, 0.15) is 0 Å². The van der Waals surface area contributed by atoms with Crippen molar-refractivity contribution in [1.82, 2.24) is 5.32 Å². The number of allylic oxidation sites excluding steroid dienone is 2. The fraction of sp³-hybridized carbons (Fsp3) is 0.286. The third-order valence-electron chi connectivity index (χ3n) is 3.24. The van der Waals surface area contributed by atoms with Gasteiger partial charge in [0.2, 0.25) is 5.78 Å². The molecule has 3 nitrogen and oxygen atoms in total. The van der Waals surface area contributed by atoms with E-state index in [1.165, 1.54) is 18.9 Å². The molecule has 86 valence electrons. The maximum Gasteiger partial charge on any atom is 0.209 e. The molecule has 0 aliphatic heterocycles. The van der Waals surface area contributed by atoms with Gasteiger partial charge in [-0.3, -0.25) is 9.59 Å². The van der Waals surface area contributed by atoms with Crippen molar-refractivity contribution in [2.45, 2.75) is 12.8 Å². The molecule has 17 heavy (non-hydrogen) atoms. The van der Waals surface area contributed by atoms with Gasteiger partial charge < -0.3 is 5.32 Å². The van der Waals surface area contributed by atoms with Crippen LogP contribution < -0.4 is 5.32 Å². The van der Waals surface area contributed by atoms with Crippen molar-refractivity contribution in [2.75, 3.05) is 6.54 Å². The molecule has 0 saturated heterocycles. The first kappa shape index (κ1) is 10.3. The average molecular weight is 227 g/mol. The summed E-state index contributed by atoms with van der Waals surface area (Å²) >= 11 is 0. The number of carbonyl (C=O) groups is 2. The quantitative estimate of drug-likeness (QED) is 0.858. The van der Waals surface area contributed by atoms with Crippen LogP contribution in [-0.4, -0.2) is 18.1 Å². The minimum Gasteiger partial charge on any atom is -0.381 e. The molecule has 0 unspecified atom stereocenters. The summed E-state index contributed by atoms with van der Waals surface area (Å²) in [6.07, 6.45) is 3.87. The molecule has 0 amide bonds. The second-order valence-corrected chi connectivity index (χ2v) is 4.62. The topological polar surface area (TPSA) is 46.2 Å². The van der Waals surface area contributed by atoms with Gasteiger partial charge in [-0.25, -0.2) is 0 Å². The Kier molecular flexibility index (Phi) is 2.32. The highest BCUT2D eigenvalue weighted by Crippen LogP contribution is 2.28. The minimum absolute atomic E-state index is 0.0687. The molecular weight excluding hydrogens is 214 g/mol. The van der Waals surface area contributed by atoms with E-state index in [0.717, 1.165) is 6.54 Å². The zero-order valence-electron chi connectivity index (χ0n) is 9.40. The summed E-state index contributed by atoms with van der Waals surface area (Å²) in [5.74, 6) is 0.523. The molecule has 1 N–H and O–H groups in total. The highest BCUT2D eigenvalue weighted by atomic mass is 16.1. The lowest BCUT2D eigenvalue weighted by Gasteiger charge is -2.16. The molecule has 0 heterocycles. The molecule has 0 aromatic heterocycles. The number of benzene rings is 1. The van der Waals surface area contributed by atoms with Gasteiger partial charge >= 0.3 is 0 Å². The summed E-state index contributed by atoms with van der Waals surface area (Å²) in [6.45, 7) is 0.799. The lowest BCUT2D eigenvalue weighted by atomic mass is 9.93. The summed E-state index contributed by atoms with van der Waals surface area (Å²) < 4.78 is 0. The Morgan fingerprint density at radius 2 is 1.82 bits per heavy atom. The van der Waals surface area contributed by atoms with Crippen molar-refractivity contribution in [3.05, 3.63) is 47.2 Å². The Labute approximate surface area is 99.5 Å². The fourth-order valence-electron chi connectivity index (χ4n) is 2.02. The fourth-order valence-corrected chi connectivity index (χ4v) is 2.02. The van der Waals surface area contributed by atoms with Gasteiger partial charge in [-0.05, 0) is 18.8 Å². The standard InChI is InChI=1S/C14H13NO2/c16-13-7-12(15-8-9-5-6-9)14(17)11-4-2-1-3-10(11)13/h1-4,7,9,15H,5-6,8H2. The van der Waals surface area contributed by atoms with Crippen LogP contribution >= 0.6 is 0 Å². The van der Waals surface area contributed by atoms with E-state index in [9.17, 15) is 9.59 Å². The molecular formula is C14H13NO2. The highest BCUT2D eigenvalue weighted by Gasteiger charge is 2.27. The third-order valence-corrected chi connectivity index (χ3v) is 3.24. The minimum atomic E-state index is -0.0847. The number of Topliss-reactive ketones (excluding diaryl/α,β-unsaturated/α-hetero) is 1. The number of hydrogen-bond acceptors (Lipinski definition) is 3. The molecule has 0 atom stereocenters. The van der Waals surface area contributed by atoms with E-state index >= 15 is 0 Å². The second kappa shape index (κ2) is 3.84. The smallest absolute Gasteiger partial charge is 0.209 e. The highest BCUT2D eigenvalue weighted by molar-refractivity contribution is 6.24. The number of carbonyl (C=O) groups excluding carboxylic acids is 2. The molecule has 3 heteroatoms. The monoisotopic (exact) mass is 227 g/mol. The van der Waals surface area contributed by atoms with Crippen LogP contribution in [0.4, 0.5) is 0 Å². The van der Waals surface area contributed by atoms with Crippen LogP contribution in [0.25, 0.3) is 0 Å². The Hall–Kier alpha value is -1.90. The summed E-state index contributed by atoms with van der Waals surface area (Å²) in [5, 5.41) is 3.10. The van der Waals surface area contributed by atoms with E-state index in [1.807, 2.05) is 0 Å². The van der Waals surface area contributed by atoms with Crippen LogP contribution in [-0.2, 0) is 0 Å².